The third-order valence-corrected chi connectivity index (χ3v) is 6.28. The highest BCUT2D eigenvalue weighted by Gasteiger charge is 2.41. The second kappa shape index (κ2) is 6.82. The summed E-state index contributed by atoms with van der Waals surface area (Å²) >= 11 is 0. The molecule has 2 heterocycles. The molecule has 1 aliphatic rings. The number of nitrogens with zero attached hydrogens (tertiary/aromatic N) is 3. The molecule has 11 heteroatoms. The van der Waals surface area contributed by atoms with Crippen LogP contribution in [0.4, 0.5) is 14.5 Å². The highest BCUT2D eigenvalue weighted by atomic mass is 32.2. The molecule has 148 valence electrons. The highest BCUT2D eigenvalue weighted by molar-refractivity contribution is 7.89. The number of nitrogens with two attached hydrogens (primary N) is 1. The molecule has 0 radical (unpaired) electrons. The second-order valence-electron chi connectivity index (χ2n) is 6.48. The molecule has 0 aliphatic carbocycles. The topological polar surface area (TPSA) is 118 Å². The van der Waals surface area contributed by atoms with Crippen LogP contribution in [0.5, 0.6) is 0 Å². The van der Waals surface area contributed by atoms with E-state index in [1.54, 1.807) is 0 Å². The number of anilines is 1. The minimum absolute atomic E-state index is 0.0392. The average molecular weight is 409 g/mol. The van der Waals surface area contributed by atoms with Gasteiger partial charge in [-0.3, -0.25) is 4.79 Å². The Morgan fingerprint density at radius 3 is 2.61 bits per heavy atom. The smallest absolute Gasteiger partial charge is 0.274 e. The van der Waals surface area contributed by atoms with Gasteiger partial charge in [0.2, 0.25) is 16.0 Å². The van der Waals surface area contributed by atoms with Gasteiger partial charge in [0.05, 0.1) is 11.9 Å². The van der Waals surface area contributed by atoms with Crippen molar-refractivity contribution < 1.29 is 22.0 Å². The lowest BCUT2D eigenvalue weighted by molar-refractivity contribution is 0.102. The highest BCUT2D eigenvalue weighted by Crippen LogP contribution is 2.34. The Morgan fingerprint density at radius 2 is 2.00 bits per heavy atom. The van der Waals surface area contributed by atoms with E-state index in [4.69, 9.17) is 5.73 Å². The van der Waals surface area contributed by atoms with Crippen LogP contribution in [0.1, 0.15) is 23.0 Å². The first-order chi connectivity index (χ1) is 13.0. The van der Waals surface area contributed by atoms with Crippen molar-refractivity contribution in [1.82, 2.24) is 9.29 Å². The van der Waals surface area contributed by atoms with Gasteiger partial charge in [0.25, 0.3) is 5.91 Å². The van der Waals surface area contributed by atoms with E-state index in [2.05, 4.69) is 15.3 Å². The third-order valence-electron chi connectivity index (χ3n) is 4.33. The lowest BCUT2D eigenvalue weighted by Crippen LogP contribution is -2.50. The van der Waals surface area contributed by atoms with Crippen LogP contribution in [0.15, 0.2) is 41.5 Å². The largest absolute Gasteiger partial charge is 0.369 e. The maximum Gasteiger partial charge on any atom is 0.274 e. The van der Waals surface area contributed by atoms with Crippen LogP contribution in [0.3, 0.4) is 0 Å². The summed E-state index contributed by atoms with van der Waals surface area (Å²) < 4.78 is 52.9. The van der Waals surface area contributed by atoms with Gasteiger partial charge < -0.3 is 11.1 Å². The fourth-order valence-corrected chi connectivity index (χ4v) is 4.26. The van der Waals surface area contributed by atoms with Crippen molar-refractivity contribution in [3.63, 3.8) is 0 Å². The van der Waals surface area contributed by atoms with Crippen molar-refractivity contribution >= 4 is 27.6 Å². The first kappa shape index (κ1) is 19.7. The summed E-state index contributed by atoms with van der Waals surface area (Å²) in [5.41, 5.74) is 4.32. The maximum atomic E-state index is 14.5. The molecule has 1 atom stereocenters. The summed E-state index contributed by atoms with van der Waals surface area (Å²) in [6, 6.07) is 5.96. The van der Waals surface area contributed by atoms with E-state index in [9.17, 15) is 22.0 Å². The Morgan fingerprint density at radius 1 is 1.29 bits per heavy atom. The number of hydrogen-bond donors (Lipinski definition) is 2. The zero-order chi connectivity index (χ0) is 20.7. The van der Waals surface area contributed by atoms with Crippen LogP contribution >= 0.6 is 0 Å². The third kappa shape index (κ3) is 3.65. The Bertz CT molecular complexity index is 1070. The van der Waals surface area contributed by atoms with Crippen molar-refractivity contribution in [2.24, 2.45) is 10.7 Å². The van der Waals surface area contributed by atoms with Crippen molar-refractivity contribution in [2.75, 3.05) is 18.1 Å². The number of hydrogen-bond acceptors (Lipinski definition) is 6. The number of sulfonamides is 1. The van der Waals surface area contributed by atoms with Gasteiger partial charge >= 0.3 is 0 Å². The second-order valence-corrected chi connectivity index (χ2v) is 8.48. The van der Waals surface area contributed by atoms with Gasteiger partial charge in [-0.1, -0.05) is 0 Å². The molecular formula is C17H17F2N5O3S. The van der Waals surface area contributed by atoms with Gasteiger partial charge in [-0.25, -0.2) is 31.5 Å². The van der Waals surface area contributed by atoms with Crippen molar-refractivity contribution in [2.45, 2.75) is 12.5 Å². The molecule has 0 bridgehead atoms. The van der Waals surface area contributed by atoms with Crippen molar-refractivity contribution in [3.05, 3.63) is 59.4 Å². The minimum Gasteiger partial charge on any atom is -0.369 e. The number of benzene rings is 1. The Balaban J connectivity index is 1.96. The minimum atomic E-state index is -3.79. The number of halogens is 2. The number of aliphatic imine (C=N–C) groups is 1. The van der Waals surface area contributed by atoms with E-state index in [-0.39, 0.29) is 22.9 Å². The number of carbonyl (C=O) groups is 1. The Hall–Kier alpha value is -3.08. The van der Waals surface area contributed by atoms with Crippen LogP contribution in [0.25, 0.3) is 0 Å². The van der Waals surface area contributed by atoms with E-state index >= 15 is 0 Å². The number of guanidine groups is 1. The molecule has 0 saturated heterocycles. The Labute approximate surface area is 160 Å². The molecule has 1 aromatic heterocycles. The number of pyridine rings is 1. The maximum absolute atomic E-state index is 14.5. The lowest BCUT2D eigenvalue weighted by Gasteiger charge is -2.34. The predicted octanol–water partition coefficient (Wildman–Crippen LogP) is 1.42. The van der Waals surface area contributed by atoms with Crippen LogP contribution in [0.2, 0.25) is 0 Å². The first-order valence-electron chi connectivity index (χ1n) is 8.07. The van der Waals surface area contributed by atoms with Crippen LogP contribution in [-0.2, 0) is 15.6 Å². The molecular weight excluding hydrogens is 392 g/mol. The first-order valence-corrected chi connectivity index (χ1v) is 9.68. The molecule has 0 saturated carbocycles. The van der Waals surface area contributed by atoms with E-state index in [0.717, 1.165) is 22.6 Å². The molecule has 0 unspecified atom stereocenters. The van der Waals surface area contributed by atoms with Crippen LogP contribution in [-0.4, -0.2) is 42.4 Å². The van der Waals surface area contributed by atoms with E-state index in [1.807, 2.05) is 0 Å². The fraction of sp³-hybridized carbons (Fsp3) is 0.235. The molecule has 2 aromatic rings. The predicted molar refractivity (Wildman–Crippen MR) is 99.1 cm³/mol. The molecule has 1 aromatic carbocycles. The van der Waals surface area contributed by atoms with Gasteiger partial charge in [-0.05, 0) is 37.3 Å². The van der Waals surface area contributed by atoms with Gasteiger partial charge in [-0.15, -0.1) is 0 Å². The SMILES string of the molecule is CN1C(N)=N[C@@](C)(c2cc(NC(=O)c3ccc(F)cn3)ccc2F)CS1(=O)=O. The van der Waals surface area contributed by atoms with Gasteiger partial charge in [-0.2, -0.15) is 0 Å². The molecule has 1 amide bonds. The fourth-order valence-electron chi connectivity index (χ4n) is 2.81. The summed E-state index contributed by atoms with van der Waals surface area (Å²) in [6.07, 6.45) is 0.896. The van der Waals surface area contributed by atoms with Crippen LogP contribution < -0.4 is 11.1 Å². The Kier molecular flexibility index (Phi) is 4.79. The average Bonchev–Trinajstić information content (AvgIpc) is 2.61. The van der Waals surface area contributed by atoms with E-state index in [0.29, 0.717) is 0 Å². The summed E-state index contributed by atoms with van der Waals surface area (Å²) in [5, 5.41) is 2.51. The molecule has 1 aliphatic heterocycles. The number of rotatable bonds is 3. The lowest BCUT2D eigenvalue weighted by atomic mass is 9.93. The number of aromatic nitrogens is 1. The zero-order valence-electron chi connectivity index (χ0n) is 15.0. The quantitative estimate of drug-likeness (QED) is 0.795. The summed E-state index contributed by atoms with van der Waals surface area (Å²) in [5.74, 6) is -2.69. The summed E-state index contributed by atoms with van der Waals surface area (Å²) in [7, 11) is -2.53. The molecule has 8 nitrogen and oxygen atoms in total. The standard InChI is InChI=1S/C17H17F2N5O3S/c1-17(9-28(26,27)24(2)16(20)23-17)12-7-11(4-5-13(12)19)22-15(25)14-6-3-10(18)8-21-14/h3-8H,9H2,1-2H3,(H2,20,23)(H,22,25)/t17-/m1/s1. The monoisotopic (exact) mass is 409 g/mol. The molecule has 0 fully saturated rings. The van der Waals surface area contributed by atoms with E-state index < -0.39 is 38.9 Å². The van der Waals surface area contributed by atoms with Crippen LogP contribution in [0, 0.1) is 11.6 Å². The van der Waals surface area contributed by atoms with E-state index in [1.165, 1.54) is 32.2 Å². The summed E-state index contributed by atoms with van der Waals surface area (Å²) in [6.45, 7) is 1.44. The van der Waals surface area contributed by atoms with Gasteiger partial charge in [0, 0.05) is 18.3 Å². The summed E-state index contributed by atoms with van der Waals surface area (Å²) in [4.78, 5) is 20.1. The van der Waals surface area contributed by atoms with Gasteiger partial charge in [0.1, 0.15) is 22.9 Å². The number of amides is 1. The number of nitrogens with one attached hydrogen (secondary N) is 1. The van der Waals surface area contributed by atoms with Crippen molar-refractivity contribution in [1.29, 1.82) is 0 Å². The molecule has 3 rings (SSSR count). The molecule has 0 spiro atoms. The zero-order valence-corrected chi connectivity index (χ0v) is 15.8. The molecule has 3 N–H and O–H groups in total. The normalized spacial score (nSPS) is 21.1. The number of carbonyl (C=O) groups excluding carboxylic acids is 1. The van der Waals surface area contributed by atoms with Crippen molar-refractivity contribution in [3.8, 4) is 0 Å². The molecule has 28 heavy (non-hydrogen) atoms. The van der Waals surface area contributed by atoms with Gasteiger partial charge in [0.15, 0.2) is 0 Å².